The topological polar surface area (TPSA) is 76.8 Å². The highest BCUT2D eigenvalue weighted by Crippen LogP contribution is 2.19. The van der Waals surface area contributed by atoms with Crippen molar-refractivity contribution in [1.82, 2.24) is 10.2 Å². The molecule has 6 nitrogen and oxygen atoms in total. The summed E-state index contributed by atoms with van der Waals surface area (Å²) in [5, 5.41) is 2.79. The van der Waals surface area contributed by atoms with Crippen molar-refractivity contribution in [3.05, 3.63) is 24.3 Å². The van der Waals surface area contributed by atoms with E-state index >= 15 is 0 Å². The normalized spacial score (nSPS) is 10.6. The minimum atomic E-state index is -0.159. The van der Waals surface area contributed by atoms with Gasteiger partial charge in [-0.1, -0.05) is 12.1 Å². The van der Waals surface area contributed by atoms with Gasteiger partial charge in [0.15, 0.2) is 6.61 Å². The molecule has 0 radical (unpaired) electrons. The first-order valence-corrected chi connectivity index (χ1v) is 6.55. The van der Waals surface area contributed by atoms with E-state index in [1.54, 1.807) is 19.2 Å². The minimum Gasteiger partial charge on any atom is -0.482 e. The number of nitrogens with one attached hydrogen (secondary N) is 1. The second-order valence-electron chi connectivity index (χ2n) is 4.47. The second-order valence-corrected chi connectivity index (χ2v) is 4.47. The van der Waals surface area contributed by atoms with E-state index < -0.39 is 0 Å². The molecule has 1 aromatic carbocycles. The molecule has 0 spiro atoms. The molecular formula is C14H23N3O3. The van der Waals surface area contributed by atoms with Crippen molar-refractivity contribution in [3.8, 4) is 5.75 Å². The van der Waals surface area contributed by atoms with Gasteiger partial charge in [-0.25, -0.2) is 0 Å². The third kappa shape index (κ3) is 6.40. The average molecular weight is 281 g/mol. The predicted octanol–water partition coefficient (Wildman–Crippen LogP) is 0.342. The molecule has 1 aromatic rings. The molecule has 0 bridgehead atoms. The quantitative estimate of drug-likeness (QED) is 0.638. The molecule has 0 saturated heterocycles. The fourth-order valence-electron chi connectivity index (χ4n) is 1.55. The van der Waals surface area contributed by atoms with Crippen LogP contribution in [0.4, 0.5) is 5.69 Å². The summed E-state index contributed by atoms with van der Waals surface area (Å²) in [5.41, 5.74) is 6.25. The number of nitrogens with two attached hydrogens (primary N) is 1. The molecule has 0 aliphatic carbocycles. The summed E-state index contributed by atoms with van der Waals surface area (Å²) in [7, 11) is 3.65. The Hall–Kier alpha value is -1.79. The Kier molecular flexibility index (Phi) is 7.46. The van der Waals surface area contributed by atoms with E-state index in [4.69, 9.17) is 15.2 Å². The van der Waals surface area contributed by atoms with Crippen LogP contribution in [-0.4, -0.2) is 57.8 Å². The van der Waals surface area contributed by atoms with Gasteiger partial charge in [-0.3, -0.25) is 4.79 Å². The van der Waals surface area contributed by atoms with Gasteiger partial charge in [0.1, 0.15) is 5.75 Å². The van der Waals surface area contributed by atoms with Crippen LogP contribution in [-0.2, 0) is 9.53 Å². The number of hydrogen-bond acceptors (Lipinski definition) is 5. The summed E-state index contributed by atoms with van der Waals surface area (Å²) in [5.74, 6) is 0.369. The number of amides is 1. The van der Waals surface area contributed by atoms with E-state index in [2.05, 4.69) is 10.2 Å². The first kappa shape index (κ1) is 16.3. The maximum Gasteiger partial charge on any atom is 0.257 e. The average Bonchev–Trinajstić information content (AvgIpc) is 2.44. The van der Waals surface area contributed by atoms with Gasteiger partial charge in [0, 0.05) is 26.7 Å². The van der Waals surface area contributed by atoms with Crippen molar-refractivity contribution in [1.29, 1.82) is 0 Å². The number of nitrogen functional groups attached to an aromatic ring is 1. The van der Waals surface area contributed by atoms with Gasteiger partial charge in [-0.2, -0.15) is 0 Å². The maximum absolute atomic E-state index is 11.6. The van der Waals surface area contributed by atoms with Crippen LogP contribution in [0.2, 0.25) is 0 Å². The van der Waals surface area contributed by atoms with E-state index in [1.807, 2.05) is 19.2 Å². The van der Waals surface area contributed by atoms with Gasteiger partial charge < -0.3 is 25.4 Å². The number of carbonyl (C=O) groups is 1. The second kappa shape index (κ2) is 9.17. The minimum absolute atomic E-state index is 0.0317. The molecule has 6 heteroatoms. The number of ether oxygens (including phenoxy) is 2. The van der Waals surface area contributed by atoms with Crippen molar-refractivity contribution < 1.29 is 14.3 Å². The lowest BCUT2D eigenvalue weighted by Crippen LogP contribution is -2.36. The van der Waals surface area contributed by atoms with E-state index in [9.17, 15) is 4.79 Å². The first-order valence-electron chi connectivity index (χ1n) is 6.55. The Morgan fingerprint density at radius 1 is 1.35 bits per heavy atom. The predicted molar refractivity (Wildman–Crippen MR) is 78.7 cm³/mol. The maximum atomic E-state index is 11.6. The van der Waals surface area contributed by atoms with E-state index in [1.165, 1.54) is 0 Å². The van der Waals surface area contributed by atoms with Crippen molar-refractivity contribution in [2.75, 3.05) is 52.7 Å². The zero-order valence-electron chi connectivity index (χ0n) is 12.1. The monoisotopic (exact) mass is 281 g/mol. The first-order chi connectivity index (χ1) is 9.63. The van der Waals surface area contributed by atoms with Crippen molar-refractivity contribution in [2.24, 2.45) is 0 Å². The molecule has 1 amide bonds. The summed E-state index contributed by atoms with van der Waals surface area (Å²) in [4.78, 5) is 13.7. The zero-order valence-corrected chi connectivity index (χ0v) is 12.1. The lowest BCUT2D eigenvalue weighted by atomic mass is 10.3. The Morgan fingerprint density at radius 3 is 2.80 bits per heavy atom. The van der Waals surface area contributed by atoms with Crippen LogP contribution in [0.3, 0.4) is 0 Å². The summed E-state index contributed by atoms with van der Waals surface area (Å²) >= 11 is 0. The summed E-state index contributed by atoms with van der Waals surface area (Å²) in [6.07, 6.45) is 0. The van der Waals surface area contributed by atoms with E-state index in [0.717, 1.165) is 13.1 Å². The number of benzene rings is 1. The molecule has 1 rings (SSSR count). The van der Waals surface area contributed by atoms with Crippen LogP contribution in [0.1, 0.15) is 0 Å². The Balaban J connectivity index is 2.16. The molecule has 0 atom stereocenters. The number of nitrogens with zero attached hydrogens (tertiary/aromatic N) is 1. The highest BCUT2D eigenvalue weighted by atomic mass is 16.5. The summed E-state index contributed by atoms with van der Waals surface area (Å²) in [6.45, 7) is 2.83. The van der Waals surface area contributed by atoms with Crippen LogP contribution < -0.4 is 15.8 Å². The van der Waals surface area contributed by atoms with Gasteiger partial charge in [-0.05, 0) is 19.2 Å². The van der Waals surface area contributed by atoms with Crippen molar-refractivity contribution in [2.45, 2.75) is 0 Å². The van der Waals surface area contributed by atoms with Gasteiger partial charge in [0.25, 0.3) is 5.91 Å². The van der Waals surface area contributed by atoms with Crippen LogP contribution in [0.25, 0.3) is 0 Å². The number of para-hydroxylation sites is 2. The molecule has 0 aliphatic rings. The zero-order chi connectivity index (χ0) is 14.8. The lowest BCUT2D eigenvalue weighted by Gasteiger charge is -2.16. The number of carbonyl (C=O) groups excluding carboxylic acids is 1. The van der Waals surface area contributed by atoms with Crippen molar-refractivity contribution in [3.63, 3.8) is 0 Å². The molecule has 112 valence electrons. The Labute approximate surface area is 119 Å². The number of likely N-dealkylation sites (N-methyl/N-ethyl adjacent to an activating group) is 1. The number of methoxy groups -OCH3 is 1. The smallest absolute Gasteiger partial charge is 0.257 e. The van der Waals surface area contributed by atoms with Gasteiger partial charge in [0.2, 0.25) is 0 Å². The largest absolute Gasteiger partial charge is 0.482 e. The summed E-state index contributed by atoms with van der Waals surface area (Å²) < 4.78 is 10.3. The van der Waals surface area contributed by atoms with Gasteiger partial charge in [-0.15, -0.1) is 0 Å². The van der Waals surface area contributed by atoms with Crippen molar-refractivity contribution >= 4 is 11.6 Å². The fraction of sp³-hybridized carbons (Fsp3) is 0.500. The Morgan fingerprint density at radius 2 is 2.10 bits per heavy atom. The van der Waals surface area contributed by atoms with Crippen LogP contribution in [0.15, 0.2) is 24.3 Å². The van der Waals surface area contributed by atoms with Crippen LogP contribution in [0.5, 0.6) is 5.75 Å². The molecule has 0 aromatic heterocycles. The number of hydrogen-bond donors (Lipinski definition) is 2. The molecule has 3 N–H and O–H groups in total. The molecular weight excluding hydrogens is 258 g/mol. The van der Waals surface area contributed by atoms with Gasteiger partial charge >= 0.3 is 0 Å². The van der Waals surface area contributed by atoms with Crippen LogP contribution >= 0.6 is 0 Å². The molecule has 0 saturated carbocycles. The fourth-order valence-corrected chi connectivity index (χ4v) is 1.55. The standard InChI is InChI=1S/C14H23N3O3/c1-17(9-10-19-2)8-7-16-14(18)11-20-13-6-4-3-5-12(13)15/h3-6H,7-11,15H2,1-2H3,(H,16,18). The molecule has 0 unspecified atom stereocenters. The highest BCUT2D eigenvalue weighted by Gasteiger charge is 2.05. The number of rotatable bonds is 9. The highest BCUT2D eigenvalue weighted by molar-refractivity contribution is 5.77. The third-order valence-electron chi connectivity index (χ3n) is 2.77. The van der Waals surface area contributed by atoms with Crippen LogP contribution in [0, 0.1) is 0 Å². The Bertz CT molecular complexity index is 412. The SMILES string of the molecule is COCCN(C)CCNC(=O)COc1ccccc1N. The third-order valence-corrected chi connectivity index (χ3v) is 2.77. The molecule has 0 heterocycles. The molecule has 0 aliphatic heterocycles. The molecule has 20 heavy (non-hydrogen) atoms. The lowest BCUT2D eigenvalue weighted by molar-refractivity contribution is -0.123. The van der Waals surface area contributed by atoms with E-state index in [-0.39, 0.29) is 12.5 Å². The summed E-state index contributed by atoms with van der Waals surface area (Å²) in [6, 6.07) is 7.10. The molecule has 0 fully saturated rings. The van der Waals surface area contributed by atoms with E-state index in [0.29, 0.717) is 24.6 Å². The number of anilines is 1. The van der Waals surface area contributed by atoms with Gasteiger partial charge in [0.05, 0.1) is 12.3 Å².